The molecule has 6 heteroatoms. The summed E-state index contributed by atoms with van der Waals surface area (Å²) in [6, 6.07) is 7.82. The lowest BCUT2D eigenvalue weighted by atomic mass is 9.98. The van der Waals surface area contributed by atoms with Gasteiger partial charge in [0.1, 0.15) is 5.60 Å². The monoisotopic (exact) mass is 371 g/mol. The number of amides is 2. The van der Waals surface area contributed by atoms with E-state index in [9.17, 15) is 9.59 Å². The zero-order valence-corrected chi connectivity index (χ0v) is 16.6. The normalized spacial score (nSPS) is 17.8. The molecule has 2 amide bonds. The first-order valence-electron chi connectivity index (χ1n) is 9.58. The summed E-state index contributed by atoms with van der Waals surface area (Å²) in [5.41, 5.74) is 2.04. The molecule has 27 heavy (non-hydrogen) atoms. The third kappa shape index (κ3) is 4.62. The summed E-state index contributed by atoms with van der Waals surface area (Å²) in [5, 5.41) is 3.99. The van der Waals surface area contributed by atoms with E-state index in [0.717, 1.165) is 29.4 Å². The van der Waals surface area contributed by atoms with E-state index in [1.54, 1.807) is 4.90 Å². The van der Waals surface area contributed by atoms with E-state index in [1.807, 2.05) is 52.0 Å². The van der Waals surface area contributed by atoms with Gasteiger partial charge in [-0.3, -0.25) is 4.79 Å². The number of benzene rings is 1. The first kappa shape index (κ1) is 19.3. The minimum absolute atomic E-state index is 0.0701. The number of aromatic amines is 1. The van der Waals surface area contributed by atoms with Crippen LogP contribution >= 0.6 is 0 Å². The molecule has 0 bridgehead atoms. The van der Waals surface area contributed by atoms with Crippen LogP contribution in [-0.4, -0.2) is 47.1 Å². The molecule has 1 saturated heterocycles. The van der Waals surface area contributed by atoms with Gasteiger partial charge in [-0.1, -0.05) is 18.2 Å². The van der Waals surface area contributed by atoms with Gasteiger partial charge in [0.15, 0.2) is 0 Å². The van der Waals surface area contributed by atoms with Gasteiger partial charge in [0, 0.05) is 36.2 Å². The molecule has 2 heterocycles. The van der Waals surface area contributed by atoms with Crippen molar-refractivity contribution in [2.75, 3.05) is 19.6 Å². The van der Waals surface area contributed by atoms with Gasteiger partial charge < -0.3 is 19.9 Å². The third-order valence-corrected chi connectivity index (χ3v) is 4.84. The number of hydrogen-bond donors (Lipinski definition) is 2. The third-order valence-electron chi connectivity index (χ3n) is 4.84. The van der Waals surface area contributed by atoms with Gasteiger partial charge in [-0.2, -0.15) is 0 Å². The molecule has 1 aliphatic heterocycles. The summed E-state index contributed by atoms with van der Waals surface area (Å²) in [6.07, 6.45) is 1.64. The summed E-state index contributed by atoms with van der Waals surface area (Å²) in [5.74, 6) is 0.167. The largest absolute Gasteiger partial charge is 0.444 e. The summed E-state index contributed by atoms with van der Waals surface area (Å²) in [4.78, 5) is 30.0. The van der Waals surface area contributed by atoms with Gasteiger partial charge in [-0.05, 0) is 52.5 Å². The van der Waals surface area contributed by atoms with E-state index >= 15 is 0 Å². The molecular formula is C21H29N3O3. The molecule has 2 N–H and O–H groups in total. The van der Waals surface area contributed by atoms with E-state index in [2.05, 4.69) is 10.3 Å². The molecule has 1 unspecified atom stereocenters. The average Bonchev–Trinajstić information content (AvgIpc) is 2.94. The number of hydrogen-bond acceptors (Lipinski definition) is 3. The average molecular weight is 371 g/mol. The number of H-pyrrole nitrogens is 1. The SMILES string of the molecule is Cc1[nH]c2ccccc2c1C(=O)NCC1CCCN(C(=O)OC(C)(C)C)C1. The molecule has 2 aromatic rings. The van der Waals surface area contributed by atoms with E-state index < -0.39 is 5.60 Å². The number of aromatic nitrogens is 1. The van der Waals surface area contributed by atoms with Crippen LogP contribution in [-0.2, 0) is 4.74 Å². The van der Waals surface area contributed by atoms with Gasteiger partial charge in [0.25, 0.3) is 5.91 Å². The minimum atomic E-state index is -0.495. The maximum absolute atomic E-state index is 12.7. The standard InChI is InChI=1S/C21H29N3O3/c1-14-18(16-9-5-6-10-17(16)23-14)19(25)22-12-15-8-7-11-24(13-15)20(26)27-21(2,3)4/h5-6,9-10,15,23H,7-8,11-13H2,1-4H3,(H,22,25). The minimum Gasteiger partial charge on any atom is -0.444 e. The number of rotatable bonds is 3. The number of carbonyl (C=O) groups excluding carboxylic acids is 2. The number of aryl methyl sites for hydroxylation is 1. The highest BCUT2D eigenvalue weighted by Crippen LogP contribution is 2.22. The molecule has 0 aliphatic carbocycles. The van der Waals surface area contributed by atoms with Crippen molar-refractivity contribution in [3.05, 3.63) is 35.5 Å². The van der Waals surface area contributed by atoms with Crippen LogP contribution < -0.4 is 5.32 Å². The van der Waals surface area contributed by atoms with E-state index in [4.69, 9.17) is 4.74 Å². The molecule has 3 rings (SSSR count). The summed E-state index contributed by atoms with van der Waals surface area (Å²) < 4.78 is 5.47. The van der Waals surface area contributed by atoms with Crippen LogP contribution in [0.15, 0.2) is 24.3 Å². The quantitative estimate of drug-likeness (QED) is 0.860. The zero-order valence-electron chi connectivity index (χ0n) is 16.6. The number of nitrogens with one attached hydrogen (secondary N) is 2. The molecule has 146 valence electrons. The summed E-state index contributed by atoms with van der Waals surface area (Å²) in [6.45, 7) is 9.40. The molecule has 1 atom stereocenters. The molecule has 1 aliphatic rings. The van der Waals surface area contributed by atoms with Crippen LogP contribution in [0.3, 0.4) is 0 Å². The van der Waals surface area contributed by atoms with Crippen molar-refractivity contribution in [3.8, 4) is 0 Å². The Kier molecular flexibility index (Phi) is 5.44. The predicted molar refractivity (Wildman–Crippen MR) is 106 cm³/mol. The van der Waals surface area contributed by atoms with Crippen LogP contribution in [0, 0.1) is 12.8 Å². The number of para-hydroxylation sites is 1. The fourth-order valence-electron chi connectivity index (χ4n) is 3.62. The van der Waals surface area contributed by atoms with Crippen LogP contribution in [0.2, 0.25) is 0 Å². The lowest BCUT2D eigenvalue weighted by Gasteiger charge is -2.34. The Morgan fingerprint density at radius 3 is 2.78 bits per heavy atom. The van der Waals surface area contributed by atoms with E-state index in [-0.39, 0.29) is 17.9 Å². The first-order chi connectivity index (χ1) is 12.7. The second-order valence-electron chi connectivity index (χ2n) is 8.32. The summed E-state index contributed by atoms with van der Waals surface area (Å²) in [7, 11) is 0. The molecule has 0 spiro atoms. The number of carbonyl (C=O) groups is 2. The van der Waals surface area contributed by atoms with Gasteiger partial charge in [-0.15, -0.1) is 0 Å². The van der Waals surface area contributed by atoms with E-state index in [1.165, 1.54) is 0 Å². The number of fused-ring (bicyclic) bond motifs is 1. The predicted octanol–water partition coefficient (Wildman–Crippen LogP) is 3.85. The highest BCUT2D eigenvalue weighted by atomic mass is 16.6. The van der Waals surface area contributed by atoms with Crippen molar-refractivity contribution in [3.63, 3.8) is 0 Å². The molecule has 1 fully saturated rings. The number of nitrogens with zero attached hydrogens (tertiary/aromatic N) is 1. The highest BCUT2D eigenvalue weighted by molar-refractivity contribution is 6.08. The van der Waals surface area contributed by atoms with Gasteiger partial charge >= 0.3 is 6.09 Å². The second kappa shape index (κ2) is 7.62. The van der Waals surface area contributed by atoms with E-state index in [0.29, 0.717) is 25.2 Å². The lowest BCUT2D eigenvalue weighted by molar-refractivity contribution is 0.0167. The molecule has 0 radical (unpaired) electrons. The van der Waals surface area contributed by atoms with Crippen LogP contribution in [0.25, 0.3) is 10.9 Å². The van der Waals surface area contributed by atoms with Crippen LogP contribution in [0.4, 0.5) is 4.79 Å². The molecular weight excluding hydrogens is 342 g/mol. The van der Waals surface area contributed by atoms with Crippen LogP contribution in [0.5, 0.6) is 0 Å². The summed E-state index contributed by atoms with van der Waals surface area (Å²) >= 11 is 0. The van der Waals surface area contributed by atoms with Gasteiger partial charge in [-0.25, -0.2) is 4.79 Å². The number of piperidine rings is 1. The second-order valence-corrected chi connectivity index (χ2v) is 8.32. The van der Waals surface area contributed by atoms with Gasteiger partial charge in [0.05, 0.1) is 5.56 Å². The van der Waals surface area contributed by atoms with Gasteiger partial charge in [0.2, 0.25) is 0 Å². The Morgan fingerprint density at radius 2 is 2.04 bits per heavy atom. The number of likely N-dealkylation sites (tertiary alicyclic amines) is 1. The Balaban J connectivity index is 1.60. The highest BCUT2D eigenvalue weighted by Gasteiger charge is 2.28. The molecule has 6 nitrogen and oxygen atoms in total. The Labute approximate surface area is 160 Å². The molecule has 0 saturated carbocycles. The van der Waals surface area contributed by atoms with Crippen molar-refractivity contribution in [1.82, 2.24) is 15.2 Å². The molecule has 1 aromatic heterocycles. The molecule has 1 aromatic carbocycles. The van der Waals surface area contributed by atoms with Crippen molar-refractivity contribution in [2.24, 2.45) is 5.92 Å². The maximum atomic E-state index is 12.7. The van der Waals surface area contributed by atoms with Crippen molar-refractivity contribution in [1.29, 1.82) is 0 Å². The fraction of sp³-hybridized carbons (Fsp3) is 0.524. The fourth-order valence-corrected chi connectivity index (χ4v) is 3.62. The van der Waals surface area contributed by atoms with Crippen LogP contribution in [0.1, 0.15) is 49.7 Å². The topological polar surface area (TPSA) is 74.4 Å². The first-order valence-corrected chi connectivity index (χ1v) is 9.58. The smallest absolute Gasteiger partial charge is 0.410 e. The van der Waals surface area contributed by atoms with Crippen molar-refractivity contribution >= 4 is 22.9 Å². The number of ether oxygens (including phenoxy) is 1. The van der Waals surface area contributed by atoms with Crippen molar-refractivity contribution < 1.29 is 14.3 Å². The zero-order chi connectivity index (χ0) is 19.6. The Morgan fingerprint density at radius 1 is 1.30 bits per heavy atom. The lowest BCUT2D eigenvalue weighted by Crippen LogP contribution is -2.45. The maximum Gasteiger partial charge on any atom is 0.410 e. The Hall–Kier alpha value is -2.50. The van der Waals surface area contributed by atoms with Crippen molar-refractivity contribution in [2.45, 2.75) is 46.1 Å². The Bertz CT molecular complexity index is 835.